The zero-order chi connectivity index (χ0) is 52.7. The van der Waals surface area contributed by atoms with Crippen LogP contribution in [0.15, 0.2) is 72.9 Å². The first-order valence-corrected chi connectivity index (χ1v) is 31.8. The van der Waals surface area contributed by atoms with E-state index in [-0.39, 0.29) is 19.1 Å². The quantitative estimate of drug-likeness (QED) is 0.0243. The van der Waals surface area contributed by atoms with E-state index in [4.69, 9.17) is 9.05 Å². The topological polar surface area (TPSA) is 105 Å². The van der Waals surface area contributed by atoms with Gasteiger partial charge in [-0.15, -0.1) is 0 Å². The van der Waals surface area contributed by atoms with E-state index in [0.717, 1.165) is 77.0 Å². The second-order valence-corrected chi connectivity index (χ2v) is 23.2. The van der Waals surface area contributed by atoms with Crippen molar-refractivity contribution in [2.24, 2.45) is 0 Å². The Hall–Kier alpha value is -2.06. The lowest BCUT2D eigenvalue weighted by Crippen LogP contribution is -2.46. The van der Waals surface area contributed by atoms with Crippen LogP contribution >= 0.6 is 7.82 Å². The molecule has 0 heterocycles. The van der Waals surface area contributed by atoms with Gasteiger partial charge in [0, 0.05) is 6.42 Å². The number of carbonyl (C=O) groups is 1. The third-order valence-electron chi connectivity index (χ3n) is 13.5. The Morgan fingerprint density at radius 3 is 1.22 bits per heavy atom. The second kappa shape index (κ2) is 53.8. The fourth-order valence-electron chi connectivity index (χ4n) is 8.76. The molecule has 3 atom stereocenters. The monoisotopic (exact) mass is 1030 g/mol. The molecule has 0 rings (SSSR count). The SMILES string of the molecule is CC/C=C\C/C=C\C/C=C\C/C=C\C/C=C\C/C=C\CCCCCCCCCCCCC(=O)NC(COP(=O)(O)OCC[N+](C)(C)C)C(O)CCCCCCCCCCCCCCCCCCCCCCC. The van der Waals surface area contributed by atoms with Gasteiger partial charge in [0.05, 0.1) is 39.9 Å². The van der Waals surface area contributed by atoms with Crippen molar-refractivity contribution in [2.75, 3.05) is 40.9 Å². The summed E-state index contributed by atoms with van der Waals surface area (Å²) in [4.78, 5) is 23.4. The maximum absolute atomic E-state index is 13.0. The molecular weight excluding hydrogens is 912 g/mol. The molecule has 0 aromatic carbocycles. The van der Waals surface area contributed by atoms with Gasteiger partial charge in [0.25, 0.3) is 0 Å². The van der Waals surface area contributed by atoms with Crippen molar-refractivity contribution in [3.05, 3.63) is 72.9 Å². The maximum Gasteiger partial charge on any atom is 0.472 e. The highest BCUT2D eigenvalue weighted by Gasteiger charge is 2.28. The van der Waals surface area contributed by atoms with Gasteiger partial charge >= 0.3 is 7.82 Å². The summed E-state index contributed by atoms with van der Waals surface area (Å²) in [6, 6.07) is -0.768. The van der Waals surface area contributed by atoms with E-state index in [9.17, 15) is 19.4 Å². The van der Waals surface area contributed by atoms with Crippen molar-refractivity contribution in [1.82, 2.24) is 5.32 Å². The number of likely N-dealkylation sites (N-methyl/N-ethyl adjacent to an activating group) is 1. The van der Waals surface area contributed by atoms with Crippen LogP contribution in [0.1, 0.15) is 271 Å². The zero-order valence-corrected chi connectivity index (χ0v) is 48.8. The molecule has 0 aliphatic rings. The summed E-state index contributed by atoms with van der Waals surface area (Å²) < 4.78 is 23.8. The molecule has 420 valence electrons. The summed E-state index contributed by atoms with van der Waals surface area (Å²) >= 11 is 0. The number of amides is 1. The normalized spacial score (nSPS) is 14.4. The minimum Gasteiger partial charge on any atom is -0.391 e. The zero-order valence-electron chi connectivity index (χ0n) is 47.9. The van der Waals surface area contributed by atoms with Crippen LogP contribution in [0.4, 0.5) is 0 Å². The third-order valence-corrected chi connectivity index (χ3v) is 14.5. The number of nitrogens with zero attached hydrogens (tertiary/aromatic N) is 1. The third kappa shape index (κ3) is 55.7. The lowest BCUT2D eigenvalue weighted by atomic mass is 10.0. The summed E-state index contributed by atoms with van der Waals surface area (Å²) in [6.45, 7) is 4.79. The molecular formula is C63H118N2O6P+. The van der Waals surface area contributed by atoms with E-state index in [0.29, 0.717) is 23.9 Å². The first-order valence-electron chi connectivity index (χ1n) is 30.3. The fraction of sp³-hybridized carbons (Fsp3) is 0.794. The van der Waals surface area contributed by atoms with Crippen LogP contribution in [0, 0.1) is 0 Å². The number of allylic oxidation sites excluding steroid dienone is 12. The predicted octanol–water partition coefficient (Wildman–Crippen LogP) is 18.7. The fourth-order valence-corrected chi connectivity index (χ4v) is 9.49. The number of hydrogen-bond acceptors (Lipinski definition) is 5. The van der Waals surface area contributed by atoms with Crippen molar-refractivity contribution < 1.29 is 32.9 Å². The number of phosphoric acid groups is 1. The number of hydrogen-bond donors (Lipinski definition) is 3. The molecule has 72 heavy (non-hydrogen) atoms. The van der Waals surface area contributed by atoms with Crippen LogP contribution in [0.25, 0.3) is 0 Å². The van der Waals surface area contributed by atoms with Gasteiger partial charge in [-0.3, -0.25) is 13.8 Å². The summed E-state index contributed by atoms with van der Waals surface area (Å²) in [7, 11) is 1.61. The Balaban J connectivity index is 4.16. The lowest BCUT2D eigenvalue weighted by Gasteiger charge is -2.26. The first kappa shape index (κ1) is 69.9. The Morgan fingerprint density at radius 2 is 0.833 bits per heavy atom. The Bertz CT molecular complexity index is 1400. The molecule has 3 N–H and O–H groups in total. The first-order chi connectivity index (χ1) is 35.0. The average molecular weight is 1030 g/mol. The minimum absolute atomic E-state index is 0.0715. The number of phosphoric ester groups is 1. The molecule has 0 fully saturated rings. The van der Waals surface area contributed by atoms with Crippen molar-refractivity contribution in [3.8, 4) is 0 Å². The minimum atomic E-state index is -4.33. The predicted molar refractivity (Wildman–Crippen MR) is 313 cm³/mol. The molecule has 3 unspecified atom stereocenters. The van der Waals surface area contributed by atoms with Crippen molar-refractivity contribution in [1.29, 1.82) is 0 Å². The highest BCUT2D eigenvalue weighted by molar-refractivity contribution is 7.47. The van der Waals surface area contributed by atoms with Gasteiger partial charge in [0.1, 0.15) is 13.2 Å². The van der Waals surface area contributed by atoms with E-state index in [1.165, 1.54) is 167 Å². The van der Waals surface area contributed by atoms with Crippen LogP contribution < -0.4 is 5.32 Å². The Kier molecular flexibility index (Phi) is 52.2. The van der Waals surface area contributed by atoms with Gasteiger partial charge < -0.3 is 19.8 Å². The molecule has 0 radical (unpaired) electrons. The number of quaternary nitrogens is 1. The van der Waals surface area contributed by atoms with Crippen LogP contribution in [-0.4, -0.2) is 73.4 Å². The Labute approximate surface area is 446 Å². The number of carbonyl (C=O) groups excluding carboxylic acids is 1. The van der Waals surface area contributed by atoms with Gasteiger partial charge in [0.2, 0.25) is 5.91 Å². The molecule has 0 aliphatic heterocycles. The van der Waals surface area contributed by atoms with Gasteiger partial charge in [0.15, 0.2) is 0 Å². The van der Waals surface area contributed by atoms with Crippen LogP contribution in [-0.2, 0) is 18.4 Å². The Morgan fingerprint density at radius 1 is 0.486 bits per heavy atom. The number of rotatable bonds is 55. The molecule has 1 amide bonds. The van der Waals surface area contributed by atoms with Crippen molar-refractivity contribution in [2.45, 2.75) is 283 Å². The molecule has 0 bridgehead atoms. The molecule has 0 aliphatic carbocycles. The van der Waals surface area contributed by atoms with E-state index in [2.05, 4.69) is 92.1 Å². The molecule has 0 saturated heterocycles. The smallest absolute Gasteiger partial charge is 0.391 e. The highest BCUT2D eigenvalue weighted by Crippen LogP contribution is 2.43. The largest absolute Gasteiger partial charge is 0.472 e. The van der Waals surface area contributed by atoms with E-state index in [1.54, 1.807) is 0 Å². The van der Waals surface area contributed by atoms with Crippen LogP contribution in [0.5, 0.6) is 0 Å². The summed E-state index contributed by atoms with van der Waals surface area (Å²) in [5.74, 6) is -0.149. The number of aliphatic hydroxyl groups excluding tert-OH is 1. The molecule has 9 heteroatoms. The van der Waals surface area contributed by atoms with Crippen LogP contribution in [0.2, 0.25) is 0 Å². The van der Waals surface area contributed by atoms with E-state index >= 15 is 0 Å². The number of nitrogens with one attached hydrogen (secondary N) is 1. The lowest BCUT2D eigenvalue weighted by molar-refractivity contribution is -0.870. The van der Waals surface area contributed by atoms with Gasteiger partial charge in [-0.2, -0.15) is 0 Å². The van der Waals surface area contributed by atoms with Gasteiger partial charge in [-0.25, -0.2) is 4.57 Å². The van der Waals surface area contributed by atoms with Gasteiger partial charge in [-0.05, 0) is 64.2 Å². The van der Waals surface area contributed by atoms with Crippen molar-refractivity contribution >= 4 is 13.7 Å². The molecule has 0 saturated carbocycles. The number of aliphatic hydroxyl groups is 1. The van der Waals surface area contributed by atoms with Crippen LogP contribution in [0.3, 0.4) is 0 Å². The summed E-state index contributed by atoms with van der Waals surface area (Å²) in [6.07, 6.45) is 73.9. The highest BCUT2D eigenvalue weighted by atomic mass is 31.2. The standard InChI is InChI=1S/C63H117N2O6P/c1-6-8-10-12-14-16-18-20-22-24-26-28-29-30-31-32-33-34-35-37-39-41-43-45-47-49-51-53-55-57-63(67)64-61(60-71-72(68,69)70-59-58-65(3,4)5)62(66)56-54-52-50-48-46-44-42-40-38-36-27-25-23-21-19-17-15-13-11-9-7-2/h8,10,14,16,20,22,26,28,30-31,33-34,61-62,66H,6-7,9,11-13,15,17-19,21,23-25,27,29,32,35-60H2,1-5H3,(H-,64,67,68,69)/p+1/b10-8-,16-14-,22-20-,28-26-,31-30-,34-33-. The second-order valence-electron chi connectivity index (χ2n) is 21.7. The average Bonchev–Trinajstić information content (AvgIpc) is 3.34. The molecule has 8 nitrogen and oxygen atoms in total. The summed E-state index contributed by atoms with van der Waals surface area (Å²) in [5.41, 5.74) is 0. The number of unbranched alkanes of at least 4 members (excludes halogenated alkanes) is 30. The van der Waals surface area contributed by atoms with E-state index in [1.807, 2.05) is 21.1 Å². The summed E-state index contributed by atoms with van der Waals surface area (Å²) in [5, 5.41) is 14.1. The maximum atomic E-state index is 13.0. The van der Waals surface area contributed by atoms with Gasteiger partial charge in [-0.1, -0.05) is 273 Å². The molecule has 0 spiro atoms. The molecule has 0 aromatic heterocycles. The molecule has 0 aromatic rings. The van der Waals surface area contributed by atoms with Crippen molar-refractivity contribution in [3.63, 3.8) is 0 Å². The van der Waals surface area contributed by atoms with E-state index < -0.39 is 20.0 Å².